The summed E-state index contributed by atoms with van der Waals surface area (Å²) in [6.07, 6.45) is 3.59. The molecule has 2 N–H and O–H groups in total. The van der Waals surface area contributed by atoms with Gasteiger partial charge in [-0.1, -0.05) is 19.3 Å². The molecule has 4 nitrogen and oxygen atoms in total. The van der Waals surface area contributed by atoms with Gasteiger partial charge in [0.2, 0.25) is 5.82 Å². The maximum absolute atomic E-state index is 5.72. The molecule has 1 atom stereocenters. The van der Waals surface area contributed by atoms with Gasteiger partial charge in [0.05, 0.1) is 6.04 Å². The molecule has 1 aromatic heterocycles. The van der Waals surface area contributed by atoms with Gasteiger partial charge in [0.15, 0.2) is 0 Å². The lowest BCUT2D eigenvalue weighted by Crippen LogP contribution is -2.16. The third kappa shape index (κ3) is 2.88. The van der Waals surface area contributed by atoms with Crippen molar-refractivity contribution in [1.29, 1.82) is 0 Å². The van der Waals surface area contributed by atoms with Crippen LogP contribution in [0.1, 0.15) is 25.6 Å². The van der Waals surface area contributed by atoms with Crippen molar-refractivity contribution in [3.8, 4) is 11.8 Å². The molecule has 1 rings (SSSR count). The summed E-state index contributed by atoms with van der Waals surface area (Å²) < 4.78 is 1.77. The summed E-state index contributed by atoms with van der Waals surface area (Å²) in [5, 5.41) is 7.55. The Balaban J connectivity index is 2.62. The molecule has 0 aliphatic rings. The van der Waals surface area contributed by atoms with Gasteiger partial charge >= 0.3 is 0 Å². The molecule has 1 heterocycles. The molecule has 0 fully saturated rings. The van der Waals surface area contributed by atoms with E-state index in [1.54, 1.807) is 10.9 Å². The molecule has 0 spiro atoms. The second-order valence-corrected chi connectivity index (χ2v) is 2.93. The van der Waals surface area contributed by atoms with Crippen LogP contribution >= 0.6 is 0 Å². The van der Waals surface area contributed by atoms with Gasteiger partial charge < -0.3 is 10.3 Å². The van der Waals surface area contributed by atoms with Crippen LogP contribution in [-0.4, -0.2) is 20.8 Å². The number of nitrogens with two attached hydrogens (primary N) is 1. The van der Waals surface area contributed by atoms with Crippen molar-refractivity contribution >= 4 is 0 Å². The first-order chi connectivity index (χ1) is 6.24. The molecule has 0 saturated heterocycles. The SMILES string of the molecule is CCCC(N)C#Cc1nncn1C. The molecule has 0 bridgehead atoms. The topological polar surface area (TPSA) is 56.7 Å². The molecule has 70 valence electrons. The van der Waals surface area contributed by atoms with Gasteiger partial charge in [0, 0.05) is 7.05 Å². The van der Waals surface area contributed by atoms with Crippen molar-refractivity contribution in [3.63, 3.8) is 0 Å². The van der Waals surface area contributed by atoms with Crippen LogP contribution in [-0.2, 0) is 7.05 Å². The highest BCUT2D eigenvalue weighted by Crippen LogP contribution is 1.92. The van der Waals surface area contributed by atoms with E-state index in [2.05, 4.69) is 29.0 Å². The Morgan fingerprint density at radius 1 is 1.69 bits per heavy atom. The van der Waals surface area contributed by atoms with Crippen LogP contribution in [0.4, 0.5) is 0 Å². The Morgan fingerprint density at radius 2 is 2.46 bits per heavy atom. The molecule has 1 aromatic rings. The van der Waals surface area contributed by atoms with Crippen molar-refractivity contribution in [2.24, 2.45) is 12.8 Å². The van der Waals surface area contributed by atoms with Gasteiger partial charge in [-0.05, 0) is 12.3 Å². The van der Waals surface area contributed by atoms with Crippen molar-refractivity contribution in [2.45, 2.75) is 25.8 Å². The van der Waals surface area contributed by atoms with Crippen LogP contribution in [0.25, 0.3) is 0 Å². The van der Waals surface area contributed by atoms with E-state index in [4.69, 9.17) is 5.73 Å². The van der Waals surface area contributed by atoms with Gasteiger partial charge in [-0.15, -0.1) is 10.2 Å². The molecule has 0 saturated carbocycles. The summed E-state index contributed by atoms with van der Waals surface area (Å²) in [6, 6.07) is -0.0540. The minimum absolute atomic E-state index is 0.0540. The smallest absolute Gasteiger partial charge is 0.207 e. The highest BCUT2D eigenvalue weighted by molar-refractivity contribution is 5.22. The summed E-state index contributed by atoms with van der Waals surface area (Å²) in [4.78, 5) is 0. The lowest BCUT2D eigenvalue weighted by molar-refractivity contribution is 0.720. The first kappa shape index (κ1) is 9.75. The highest BCUT2D eigenvalue weighted by Gasteiger charge is 1.96. The minimum atomic E-state index is -0.0540. The molecule has 1 unspecified atom stereocenters. The van der Waals surface area contributed by atoms with E-state index in [9.17, 15) is 0 Å². The van der Waals surface area contributed by atoms with Gasteiger partial charge in [-0.3, -0.25) is 0 Å². The fraction of sp³-hybridized carbons (Fsp3) is 0.556. The second kappa shape index (κ2) is 4.63. The fourth-order valence-corrected chi connectivity index (χ4v) is 0.937. The largest absolute Gasteiger partial charge is 0.318 e. The summed E-state index contributed by atoms with van der Waals surface area (Å²) in [5.74, 6) is 6.48. The lowest BCUT2D eigenvalue weighted by Gasteiger charge is -1.98. The maximum Gasteiger partial charge on any atom is 0.207 e. The van der Waals surface area contributed by atoms with Crippen molar-refractivity contribution in [1.82, 2.24) is 14.8 Å². The summed E-state index contributed by atoms with van der Waals surface area (Å²) in [7, 11) is 1.86. The molecule has 0 amide bonds. The Labute approximate surface area is 78.2 Å². The van der Waals surface area contributed by atoms with Crippen LogP contribution in [0, 0.1) is 11.8 Å². The second-order valence-electron chi connectivity index (χ2n) is 2.93. The molecule has 0 aliphatic carbocycles. The van der Waals surface area contributed by atoms with E-state index < -0.39 is 0 Å². The van der Waals surface area contributed by atoms with Gasteiger partial charge in [0.25, 0.3) is 0 Å². The monoisotopic (exact) mass is 178 g/mol. The summed E-state index contributed by atoms with van der Waals surface area (Å²) in [5.41, 5.74) is 5.72. The standard InChI is InChI=1S/C9H14N4/c1-3-4-8(10)5-6-9-12-11-7-13(9)2/h7-8H,3-4,10H2,1-2H3. The Morgan fingerprint density at radius 3 is 3.00 bits per heavy atom. The minimum Gasteiger partial charge on any atom is -0.318 e. The average molecular weight is 178 g/mol. The number of nitrogens with zero attached hydrogens (tertiary/aromatic N) is 3. The summed E-state index contributed by atoms with van der Waals surface area (Å²) >= 11 is 0. The summed E-state index contributed by atoms with van der Waals surface area (Å²) in [6.45, 7) is 2.09. The van der Waals surface area contributed by atoms with Gasteiger partial charge in [-0.25, -0.2) is 0 Å². The third-order valence-corrected chi connectivity index (χ3v) is 1.68. The molecule has 4 heteroatoms. The Hall–Kier alpha value is -1.34. The zero-order valence-electron chi connectivity index (χ0n) is 7.99. The number of rotatable bonds is 2. The van der Waals surface area contributed by atoms with Gasteiger partial charge in [-0.2, -0.15) is 0 Å². The Bertz CT molecular complexity index is 318. The number of hydrogen-bond acceptors (Lipinski definition) is 3. The zero-order chi connectivity index (χ0) is 9.68. The van der Waals surface area contributed by atoms with E-state index >= 15 is 0 Å². The predicted molar refractivity (Wildman–Crippen MR) is 50.8 cm³/mol. The molecule has 13 heavy (non-hydrogen) atoms. The normalized spacial score (nSPS) is 11.9. The molecule has 0 aromatic carbocycles. The molecule has 0 aliphatic heterocycles. The number of hydrogen-bond donors (Lipinski definition) is 1. The van der Waals surface area contributed by atoms with Crippen LogP contribution in [0.2, 0.25) is 0 Å². The Kier molecular flexibility index (Phi) is 3.47. The predicted octanol–water partition coefficient (Wildman–Crippen LogP) is 0.294. The quantitative estimate of drug-likeness (QED) is 0.662. The van der Waals surface area contributed by atoms with E-state index in [1.807, 2.05) is 7.05 Å². The van der Waals surface area contributed by atoms with Crippen molar-refractivity contribution < 1.29 is 0 Å². The number of aryl methyl sites for hydroxylation is 1. The third-order valence-electron chi connectivity index (χ3n) is 1.68. The highest BCUT2D eigenvalue weighted by atomic mass is 15.2. The van der Waals surface area contributed by atoms with Crippen LogP contribution in [0.5, 0.6) is 0 Å². The average Bonchev–Trinajstić information content (AvgIpc) is 2.48. The molecular weight excluding hydrogens is 164 g/mol. The van der Waals surface area contributed by atoms with Gasteiger partial charge in [0.1, 0.15) is 6.33 Å². The van der Waals surface area contributed by atoms with E-state index in [1.165, 1.54) is 0 Å². The fourth-order valence-electron chi connectivity index (χ4n) is 0.937. The van der Waals surface area contributed by atoms with E-state index in [0.29, 0.717) is 5.82 Å². The zero-order valence-corrected chi connectivity index (χ0v) is 7.99. The van der Waals surface area contributed by atoms with E-state index in [-0.39, 0.29) is 6.04 Å². The van der Waals surface area contributed by atoms with Crippen LogP contribution in [0.3, 0.4) is 0 Å². The number of aromatic nitrogens is 3. The first-order valence-electron chi connectivity index (χ1n) is 4.35. The van der Waals surface area contributed by atoms with Crippen molar-refractivity contribution in [2.75, 3.05) is 0 Å². The van der Waals surface area contributed by atoms with Crippen LogP contribution in [0.15, 0.2) is 6.33 Å². The first-order valence-corrected chi connectivity index (χ1v) is 4.35. The maximum atomic E-state index is 5.72. The molecule has 0 radical (unpaired) electrons. The molecular formula is C9H14N4. The van der Waals surface area contributed by atoms with E-state index in [0.717, 1.165) is 12.8 Å². The van der Waals surface area contributed by atoms with Crippen molar-refractivity contribution in [3.05, 3.63) is 12.2 Å². The lowest BCUT2D eigenvalue weighted by atomic mass is 10.2. The van der Waals surface area contributed by atoms with Crippen LogP contribution < -0.4 is 5.73 Å².